The molecule has 0 saturated heterocycles. The van der Waals surface area contributed by atoms with E-state index < -0.39 is 12.1 Å². The first-order valence-electron chi connectivity index (χ1n) is 7.83. The van der Waals surface area contributed by atoms with E-state index in [-0.39, 0.29) is 17.6 Å². The average molecular weight is 328 g/mol. The maximum Gasteiger partial charge on any atom is 0.242 e. The van der Waals surface area contributed by atoms with E-state index in [1.807, 2.05) is 30.3 Å². The van der Waals surface area contributed by atoms with E-state index in [9.17, 15) is 14.0 Å². The van der Waals surface area contributed by atoms with E-state index in [4.69, 9.17) is 0 Å². The molecular formula is C19H21FN2O2. The van der Waals surface area contributed by atoms with Crippen LogP contribution in [0.4, 0.5) is 4.39 Å². The fourth-order valence-corrected chi connectivity index (χ4v) is 2.51. The predicted molar refractivity (Wildman–Crippen MR) is 90.7 cm³/mol. The van der Waals surface area contributed by atoms with Gasteiger partial charge in [-0.25, -0.2) is 4.39 Å². The van der Waals surface area contributed by atoms with Gasteiger partial charge in [-0.2, -0.15) is 0 Å². The van der Waals surface area contributed by atoms with Gasteiger partial charge in [-0.1, -0.05) is 48.5 Å². The lowest BCUT2D eigenvalue weighted by molar-refractivity contribution is -0.128. The summed E-state index contributed by atoms with van der Waals surface area (Å²) in [6, 6.07) is 14.7. The number of halogens is 1. The molecule has 4 nitrogen and oxygen atoms in total. The third-order valence-corrected chi connectivity index (χ3v) is 3.69. The normalized spacial score (nSPS) is 13.0. The van der Waals surface area contributed by atoms with Crippen LogP contribution in [0.25, 0.3) is 0 Å². The highest BCUT2D eigenvalue weighted by Crippen LogP contribution is 2.21. The van der Waals surface area contributed by atoms with Gasteiger partial charge in [0.05, 0.1) is 6.04 Å². The van der Waals surface area contributed by atoms with Crippen molar-refractivity contribution in [1.29, 1.82) is 0 Å². The Kier molecular flexibility index (Phi) is 6.07. The standard InChI is InChI=1S/C19H21FN2O2/c1-13(21-14(2)23)19(24)22-18(12-15-8-4-3-5-9-15)16-10-6-7-11-17(16)20/h3-11,13,18H,12H2,1-2H3,(H,21,23)(H,22,24). The van der Waals surface area contributed by atoms with E-state index in [1.54, 1.807) is 25.1 Å². The number of rotatable bonds is 6. The summed E-state index contributed by atoms with van der Waals surface area (Å²) in [5, 5.41) is 5.37. The summed E-state index contributed by atoms with van der Waals surface area (Å²) in [6.45, 7) is 2.94. The quantitative estimate of drug-likeness (QED) is 0.857. The van der Waals surface area contributed by atoms with Crippen molar-refractivity contribution in [2.24, 2.45) is 0 Å². The van der Waals surface area contributed by atoms with E-state index in [1.165, 1.54) is 13.0 Å². The topological polar surface area (TPSA) is 58.2 Å². The van der Waals surface area contributed by atoms with Crippen molar-refractivity contribution in [1.82, 2.24) is 10.6 Å². The third-order valence-electron chi connectivity index (χ3n) is 3.69. The van der Waals surface area contributed by atoms with Crippen molar-refractivity contribution in [2.75, 3.05) is 0 Å². The van der Waals surface area contributed by atoms with Gasteiger partial charge in [0.2, 0.25) is 11.8 Å². The molecule has 0 bridgehead atoms. The minimum absolute atomic E-state index is 0.289. The van der Waals surface area contributed by atoms with E-state index >= 15 is 0 Å². The zero-order chi connectivity index (χ0) is 17.5. The molecule has 0 aliphatic rings. The molecule has 0 spiro atoms. The number of benzene rings is 2. The Morgan fingerprint density at radius 1 is 1.00 bits per heavy atom. The molecule has 2 aromatic carbocycles. The zero-order valence-electron chi connectivity index (χ0n) is 13.8. The molecule has 0 radical (unpaired) electrons. The first kappa shape index (κ1) is 17.7. The number of hydrogen-bond acceptors (Lipinski definition) is 2. The maximum atomic E-state index is 14.2. The average Bonchev–Trinajstić information content (AvgIpc) is 2.55. The lowest BCUT2D eigenvalue weighted by atomic mass is 9.98. The summed E-state index contributed by atoms with van der Waals surface area (Å²) >= 11 is 0. The van der Waals surface area contributed by atoms with Crippen LogP contribution in [0.5, 0.6) is 0 Å². The van der Waals surface area contributed by atoms with Crippen LogP contribution in [-0.2, 0) is 16.0 Å². The van der Waals surface area contributed by atoms with Crippen molar-refractivity contribution in [3.63, 3.8) is 0 Å². The van der Waals surface area contributed by atoms with Crippen LogP contribution in [0.2, 0.25) is 0 Å². The van der Waals surface area contributed by atoms with Crippen LogP contribution in [0, 0.1) is 5.82 Å². The summed E-state index contributed by atoms with van der Waals surface area (Å²) in [5.41, 5.74) is 1.41. The van der Waals surface area contributed by atoms with E-state index in [2.05, 4.69) is 10.6 Å². The van der Waals surface area contributed by atoms with Crippen molar-refractivity contribution < 1.29 is 14.0 Å². The number of nitrogens with one attached hydrogen (secondary N) is 2. The van der Waals surface area contributed by atoms with E-state index in [0.717, 1.165) is 5.56 Å². The van der Waals surface area contributed by atoms with Gasteiger partial charge in [-0.3, -0.25) is 9.59 Å². The van der Waals surface area contributed by atoms with Crippen LogP contribution >= 0.6 is 0 Å². The fourth-order valence-electron chi connectivity index (χ4n) is 2.51. The zero-order valence-corrected chi connectivity index (χ0v) is 13.8. The molecule has 126 valence electrons. The number of carbonyl (C=O) groups excluding carboxylic acids is 2. The van der Waals surface area contributed by atoms with Gasteiger partial charge in [0.15, 0.2) is 0 Å². The molecule has 0 aliphatic heterocycles. The van der Waals surface area contributed by atoms with Crippen molar-refractivity contribution in [2.45, 2.75) is 32.4 Å². The molecule has 2 unspecified atom stereocenters. The summed E-state index contributed by atoms with van der Waals surface area (Å²) in [5.74, 6) is -1.01. The summed E-state index contributed by atoms with van der Waals surface area (Å²) < 4.78 is 14.2. The molecule has 5 heteroatoms. The van der Waals surface area contributed by atoms with Crippen molar-refractivity contribution in [3.8, 4) is 0 Å². The fraction of sp³-hybridized carbons (Fsp3) is 0.263. The molecule has 0 fully saturated rings. The number of amides is 2. The lowest BCUT2D eigenvalue weighted by Crippen LogP contribution is -2.45. The second-order valence-electron chi connectivity index (χ2n) is 5.69. The Bertz CT molecular complexity index is 704. The van der Waals surface area contributed by atoms with Crippen LogP contribution in [0.3, 0.4) is 0 Å². The maximum absolute atomic E-state index is 14.2. The highest BCUT2D eigenvalue weighted by Gasteiger charge is 2.22. The first-order chi connectivity index (χ1) is 11.5. The molecule has 2 N–H and O–H groups in total. The molecule has 2 aromatic rings. The molecule has 0 heterocycles. The lowest BCUT2D eigenvalue weighted by Gasteiger charge is -2.22. The molecule has 24 heavy (non-hydrogen) atoms. The second kappa shape index (κ2) is 8.24. The summed E-state index contributed by atoms with van der Waals surface area (Å²) in [6.07, 6.45) is 0.459. The largest absolute Gasteiger partial charge is 0.347 e. The highest BCUT2D eigenvalue weighted by molar-refractivity contribution is 5.86. The SMILES string of the molecule is CC(=O)NC(C)C(=O)NC(Cc1ccccc1)c1ccccc1F. The van der Waals surface area contributed by atoms with E-state index in [0.29, 0.717) is 12.0 Å². The molecule has 2 rings (SSSR count). The summed E-state index contributed by atoms with van der Waals surface area (Å²) in [7, 11) is 0. The Balaban J connectivity index is 2.21. The predicted octanol–water partition coefficient (Wildman–Crippen LogP) is 2.75. The van der Waals surface area contributed by atoms with Crippen molar-refractivity contribution in [3.05, 3.63) is 71.5 Å². The van der Waals surface area contributed by atoms with Gasteiger partial charge in [0.1, 0.15) is 11.9 Å². The molecule has 0 aromatic heterocycles. The van der Waals surface area contributed by atoms with Gasteiger partial charge in [0, 0.05) is 12.5 Å². The van der Waals surface area contributed by atoms with Crippen LogP contribution in [0.15, 0.2) is 54.6 Å². The van der Waals surface area contributed by atoms with Gasteiger partial charge in [-0.05, 0) is 25.0 Å². The molecule has 2 atom stereocenters. The third kappa shape index (κ3) is 4.91. The minimum Gasteiger partial charge on any atom is -0.347 e. The first-order valence-corrected chi connectivity index (χ1v) is 7.83. The number of carbonyl (C=O) groups is 2. The monoisotopic (exact) mass is 328 g/mol. The number of hydrogen-bond donors (Lipinski definition) is 2. The Morgan fingerprint density at radius 3 is 2.25 bits per heavy atom. The van der Waals surface area contributed by atoms with Crippen molar-refractivity contribution >= 4 is 11.8 Å². The Morgan fingerprint density at radius 2 is 1.62 bits per heavy atom. The molecule has 0 aliphatic carbocycles. The Hall–Kier alpha value is -2.69. The van der Waals surface area contributed by atoms with Gasteiger partial charge < -0.3 is 10.6 Å². The van der Waals surface area contributed by atoms with Crippen LogP contribution < -0.4 is 10.6 Å². The molecular weight excluding hydrogens is 307 g/mol. The molecule has 0 saturated carbocycles. The Labute approximate surface area is 141 Å². The smallest absolute Gasteiger partial charge is 0.242 e. The highest BCUT2D eigenvalue weighted by atomic mass is 19.1. The van der Waals surface area contributed by atoms with Crippen LogP contribution in [0.1, 0.15) is 31.0 Å². The molecule has 2 amide bonds. The van der Waals surface area contributed by atoms with Crippen LogP contribution in [-0.4, -0.2) is 17.9 Å². The van der Waals surface area contributed by atoms with Gasteiger partial charge >= 0.3 is 0 Å². The van der Waals surface area contributed by atoms with Gasteiger partial charge in [-0.15, -0.1) is 0 Å². The minimum atomic E-state index is -0.687. The second-order valence-corrected chi connectivity index (χ2v) is 5.69. The van der Waals surface area contributed by atoms with Gasteiger partial charge in [0.25, 0.3) is 0 Å². The summed E-state index contributed by atoms with van der Waals surface area (Å²) in [4.78, 5) is 23.4.